The molecule has 3 rings (SSSR count). The Bertz CT molecular complexity index is 626. The normalized spacial score (nSPS) is 20.2. The number of likely N-dealkylation sites (N-methyl/N-ethyl adjacent to an activating group) is 1. The molecule has 1 aromatic carbocycles. The fourth-order valence-electron chi connectivity index (χ4n) is 3.02. The zero-order valence-corrected chi connectivity index (χ0v) is 13.0. The molecule has 1 unspecified atom stereocenters. The molecule has 2 heterocycles. The number of hydrogen-bond acceptors (Lipinski definition) is 3. The summed E-state index contributed by atoms with van der Waals surface area (Å²) >= 11 is 6.12. The molecule has 0 spiro atoms. The molecule has 1 aliphatic rings. The zero-order valence-electron chi connectivity index (χ0n) is 12.3. The summed E-state index contributed by atoms with van der Waals surface area (Å²) in [5, 5.41) is 11.3. The van der Waals surface area contributed by atoms with Crippen molar-refractivity contribution in [2.24, 2.45) is 0 Å². The smallest absolute Gasteiger partial charge is 0.0881 e. The summed E-state index contributed by atoms with van der Waals surface area (Å²) in [5.41, 5.74) is 1.99. The van der Waals surface area contributed by atoms with Crippen molar-refractivity contribution in [1.29, 1.82) is 0 Å². The lowest BCUT2D eigenvalue weighted by molar-refractivity contribution is -0.0337. The van der Waals surface area contributed by atoms with Gasteiger partial charge >= 0.3 is 0 Å². The molecule has 5 heteroatoms. The van der Waals surface area contributed by atoms with E-state index in [4.69, 9.17) is 16.3 Å². The molecule has 1 saturated heterocycles. The van der Waals surface area contributed by atoms with Gasteiger partial charge in [0.15, 0.2) is 0 Å². The van der Waals surface area contributed by atoms with Gasteiger partial charge in [-0.15, -0.1) is 0 Å². The van der Waals surface area contributed by atoms with Gasteiger partial charge in [-0.25, -0.2) is 0 Å². The number of nitrogens with zero attached hydrogens (tertiary/aromatic N) is 2. The number of fused-ring (bicyclic) bond motifs is 1. The van der Waals surface area contributed by atoms with Gasteiger partial charge in [-0.1, -0.05) is 24.6 Å². The Morgan fingerprint density at radius 1 is 1.43 bits per heavy atom. The Labute approximate surface area is 129 Å². The van der Waals surface area contributed by atoms with E-state index in [1.165, 1.54) is 0 Å². The highest BCUT2D eigenvalue weighted by Gasteiger charge is 2.20. The minimum atomic E-state index is 0.0394. The van der Waals surface area contributed by atoms with Crippen LogP contribution in [0.3, 0.4) is 0 Å². The first-order valence-electron chi connectivity index (χ1n) is 7.43. The Balaban J connectivity index is 1.87. The molecule has 1 aliphatic heterocycles. The molecule has 21 heavy (non-hydrogen) atoms. The minimum absolute atomic E-state index is 0.0394. The number of aromatic nitrogens is 1. The fraction of sp³-hybridized carbons (Fsp3) is 0.500. The lowest BCUT2D eigenvalue weighted by Crippen LogP contribution is -2.43. The molecule has 1 atom stereocenters. The van der Waals surface area contributed by atoms with E-state index in [0.29, 0.717) is 5.02 Å². The van der Waals surface area contributed by atoms with Crippen molar-refractivity contribution < 1.29 is 9.84 Å². The Morgan fingerprint density at radius 3 is 3.05 bits per heavy atom. The van der Waals surface area contributed by atoms with Crippen LogP contribution in [0.5, 0.6) is 0 Å². The maximum Gasteiger partial charge on any atom is 0.0881 e. The van der Waals surface area contributed by atoms with Crippen LogP contribution >= 0.6 is 11.6 Å². The predicted molar refractivity (Wildman–Crippen MR) is 84.7 cm³/mol. The van der Waals surface area contributed by atoms with Crippen LogP contribution in [0.4, 0.5) is 0 Å². The van der Waals surface area contributed by atoms with Crippen LogP contribution < -0.4 is 0 Å². The van der Waals surface area contributed by atoms with Crippen LogP contribution in [0.1, 0.15) is 12.5 Å². The first kappa shape index (κ1) is 14.9. The SMILES string of the molecule is CCN1CCOC(Cn2cc(CO)c3ccc(Cl)cc32)C1. The quantitative estimate of drug-likeness (QED) is 0.943. The van der Waals surface area contributed by atoms with Gasteiger partial charge in [0.1, 0.15) is 0 Å². The number of hydrogen-bond donors (Lipinski definition) is 1. The maximum absolute atomic E-state index is 9.52. The van der Waals surface area contributed by atoms with Crippen molar-refractivity contribution in [3.63, 3.8) is 0 Å². The van der Waals surface area contributed by atoms with Gasteiger partial charge < -0.3 is 14.4 Å². The topological polar surface area (TPSA) is 37.6 Å². The first-order chi connectivity index (χ1) is 10.2. The van der Waals surface area contributed by atoms with Crippen LogP contribution in [-0.4, -0.2) is 46.9 Å². The summed E-state index contributed by atoms with van der Waals surface area (Å²) in [5.74, 6) is 0. The fourth-order valence-corrected chi connectivity index (χ4v) is 3.18. The molecule has 114 valence electrons. The summed E-state index contributed by atoms with van der Waals surface area (Å²) in [6, 6.07) is 5.79. The molecule has 0 saturated carbocycles. The molecule has 0 aliphatic carbocycles. The van der Waals surface area contributed by atoms with Crippen molar-refractivity contribution in [3.05, 3.63) is 35.0 Å². The highest BCUT2D eigenvalue weighted by Crippen LogP contribution is 2.25. The van der Waals surface area contributed by atoms with Crippen molar-refractivity contribution in [1.82, 2.24) is 9.47 Å². The molecule has 4 nitrogen and oxygen atoms in total. The number of benzene rings is 1. The standard InChI is InChI=1S/C16H21ClN2O2/c1-2-18-5-6-21-14(9-18)10-19-8-12(11-20)15-4-3-13(17)7-16(15)19/h3-4,7-8,14,20H,2,5-6,9-11H2,1H3. The average molecular weight is 309 g/mol. The lowest BCUT2D eigenvalue weighted by atomic mass is 10.2. The third-order valence-electron chi connectivity index (χ3n) is 4.17. The van der Waals surface area contributed by atoms with E-state index < -0.39 is 0 Å². The predicted octanol–water partition coefficient (Wildman–Crippen LogP) is 2.51. The molecule has 1 fully saturated rings. The van der Waals surface area contributed by atoms with E-state index in [1.54, 1.807) is 0 Å². The molecular formula is C16H21ClN2O2. The van der Waals surface area contributed by atoms with E-state index in [-0.39, 0.29) is 12.7 Å². The second-order valence-electron chi connectivity index (χ2n) is 5.51. The molecule has 0 amide bonds. The highest BCUT2D eigenvalue weighted by atomic mass is 35.5. The summed E-state index contributed by atoms with van der Waals surface area (Å²) in [7, 11) is 0. The van der Waals surface area contributed by atoms with Gasteiger partial charge in [0.25, 0.3) is 0 Å². The third-order valence-corrected chi connectivity index (χ3v) is 4.40. The number of halogens is 1. The second kappa shape index (κ2) is 6.36. The summed E-state index contributed by atoms with van der Waals surface area (Å²) < 4.78 is 8.03. The first-order valence-corrected chi connectivity index (χ1v) is 7.81. The van der Waals surface area contributed by atoms with Crippen LogP contribution in [0.25, 0.3) is 10.9 Å². The number of aliphatic hydroxyl groups is 1. The number of aliphatic hydroxyl groups excluding tert-OH is 1. The molecule has 0 radical (unpaired) electrons. The summed E-state index contributed by atoms with van der Waals surface area (Å²) in [6.07, 6.45) is 2.19. The lowest BCUT2D eigenvalue weighted by Gasteiger charge is -2.32. The van der Waals surface area contributed by atoms with Gasteiger partial charge in [-0.3, -0.25) is 4.90 Å². The molecular weight excluding hydrogens is 288 g/mol. The van der Waals surface area contributed by atoms with E-state index in [9.17, 15) is 5.11 Å². The average Bonchev–Trinajstić information content (AvgIpc) is 2.84. The number of rotatable bonds is 4. The Kier molecular flexibility index (Phi) is 4.50. The molecule has 0 bridgehead atoms. The maximum atomic E-state index is 9.52. The van der Waals surface area contributed by atoms with E-state index in [2.05, 4.69) is 16.4 Å². The summed E-state index contributed by atoms with van der Waals surface area (Å²) in [4.78, 5) is 2.40. The van der Waals surface area contributed by atoms with Crippen molar-refractivity contribution in [2.75, 3.05) is 26.2 Å². The summed E-state index contributed by atoms with van der Waals surface area (Å²) in [6.45, 7) is 6.80. The Hall–Kier alpha value is -1.07. The van der Waals surface area contributed by atoms with Gasteiger partial charge in [0.2, 0.25) is 0 Å². The van der Waals surface area contributed by atoms with E-state index in [1.807, 2.05) is 24.4 Å². The largest absolute Gasteiger partial charge is 0.392 e. The van der Waals surface area contributed by atoms with Crippen molar-refractivity contribution in [2.45, 2.75) is 26.2 Å². The highest BCUT2D eigenvalue weighted by molar-refractivity contribution is 6.31. The van der Waals surface area contributed by atoms with Crippen LogP contribution in [0.2, 0.25) is 5.02 Å². The van der Waals surface area contributed by atoms with Crippen molar-refractivity contribution in [3.8, 4) is 0 Å². The third kappa shape index (κ3) is 3.09. The molecule has 1 N–H and O–H groups in total. The van der Waals surface area contributed by atoms with Crippen LogP contribution in [0.15, 0.2) is 24.4 Å². The minimum Gasteiger partial charge on any atom is -0.392 e. The van der Waals surface area contributed by atoms with Crippen LogP contribution in [0, 0.1) is 0 Å². The van der Waals surface area contributed by atoms with Crippen molar-refractivity contribution >= 4 is 22.5 Å². The van der Waals surface area contributed by atoms with Gasteiger partial charge in [-0.2, -0.15) is 0 Å². The number of morpholine rings is 1. The van der Waals surface area contributed by atoms with Gasteiger partial charge in [0.05, 0.1) is 25.9 Å². The van der Waals surface area contributed by atoms with Crippen LogP contribution in [-0.2, 0) is 17.9 Å². The van der Waals surface area contributed by atoms with E-state index in [0.717, 1.165) is 49.3 Å². The molecule has 2 aromatic rings. The monoisotopic (exact) mass is 308 g/mol. The molecule has 1 aromatic heterocycles. The Morgan fingerprint density at radius 2 is 2.29 bits per heavy atom. The zero-order chi connectivity index (χ0) is 14.8. The van der Waals surface area contributed by atoms with Gasteiger partial charge in [0, 0.05) is 40.8 Å². The number of ether oxygens (including phenoxy) is 1. The van der Waals surface area contributed by atoms with Gasteiger partial charge in [-0.05, 0) is 18.7 Å². The van der Waals surface area contributed by atoms with E-state index >= 15 is 0 Å². The second-order valence-corrected chi connectivity index (χ2v) is 5.95.